The molecule has 1 fully saturated rings. The molecular formula is C12H24N2O2. The van der Waals surface area contributed by atoms with Gasteiger partial charge in [-0.25, -0.2) is 0 Å². The minimum atomic E-state index is -0.338. The van der Waals surface area contributed by atoms with Gasteiger partial charge in [-0.05, 0) is 32.1 Å². The van der Waals surface area contributed by atoms with E-state index in [1.54, 1.807) is 0 Å². The summed E-state index contributed by atoms with van der Waals surface area (Å²) in [4.78, 5) is 14.0. The average molecular weight is 228 g/mol. The van der Waals surface area contributed by atoms with Crippen molar-refractivity contribution >= 4 is 5.91 Å². The SMILES string of the molecule is CCCN(CC)C(=O)C(N)C1CCOCC1. The predicted molar refractivity (Wildman–Crippen MR) is 64.1 cm³/mol. The van der Waals surface area contributed by atoms with Crippen LogP contribution >= 0.6 is 0 Å². The molecule has 0 spiro atoms. The molecule has 1 saturated heterocycles. The lowest BCUT2D eigenvalue weighted by molar-refractivity contribution is -0.134. The van der Waals surface area contributed by atoms with Gasteiger partial charge in [0.1, 0.15) is 0 Å². The normalized spacial score (nSPS) is 19.4. The van der Waals surface area contributed by atoms with Crippen LogP contribution in [-0.2, 0) is 9.53 Å². The van der Waals surface area contributed by atoms with Crippen LogP contribution in [0.15, 0.2) is 0 Å². The van der Waals surface area contributed by atoms with Gasteiger partial charge in [-0.2, -0.15) is 0 Å². The van der Waals surface area contributed by atoms with E-state index in [0.29, 0.717) is 5.92 Å². The summed E-state index contributed by atoms with van der Waals surface area (Å²) in [6.45, 7) is 7.13. The highest BCUT2D eigenvalue weighted by Crippen LogP contribution is 2.18. The number of carbonyl (C=O) groups excluding carboxylic acids is 1. The molecule has 1 rings (SSSR count). The predicted octanol–water partition coefficient (Wildman–Crippen LogP) is 0.999. The summed E-state index contributed by atoms with van der Waals surface area (Å²) in [5.41, 5.74) is 6.05. The zero-order chi connectivity index (χ0) is 12.0. The van der Waals surface area contributed by atoms with E-state index in [-0.39, 0.29) is 11.9 Å². The minimum Gasteiger partial charge on any atom is -0.381 e. The average Bonchev–Trinajstić information content (AvgIpc) is 2.35. The summed E-state index contributed by atoms with van der Waals surface area (Å²) in [6.07, 6.45) is 2.81. The van der Waals surface area contributed by atoms with Crippen LogP contribution in [0.1, 0.15) is 33.1 Å². The fourth-order valence-corrected chi connectivity index (χ4v) is 2.18. The lowest BCUT2D eigenvalue weighted by Gasteiger charge is -2.31. The molecule has 1 atom stereocenters. The molecule has 0 radical (unpaired) electrons. The monoisotopic (exact) mass is 228 g/mol. The molecule has 1 amide bonds. The molecule has 16 heavy (non-hydrogen) atoms. The van der Waals surface area contributed by atoms with E-state index >= 15 is 0 Å². The molecule has 1 unspecified atom stereocenters. The van der Waals surface area contributed by atoms with E-state index in [2.05, 4.69) is 6.92 Å². The maximum atomic E-state index is 12.1. The fourth-order valence-electron chi connectivity index (χ4n) is 2.18. The third kappa shape index (κ3) is 3.46. The van der Waals surface area contributed by atoms with E-state index in [9.17, 15) is 4.79 Å². The molecule has 0 aromatic rings. The standard InChI is InChI=1S/C12H24N2O2/c1-3-7-14(4-2)12(15)11(13)10-5-8-16-9-6-10/h10-11H,3-9,13H2,1-2H3. The fraction of sp³-hybridized carbons (Fsp3) is 0.917. The molecule has 1 aliphatic rings. The summed E-state index contributed by atoms with van der Waals surface area (Å²) in [5.74, 6) is 0.406. The highest BCUT2D eigenvalue weighted by molar-refractivity contribution is 5.82. The number of nitrogens with zero attached hydrogens (tertiary/aromatic N) is 1. The van der Waals surface area contributed by atoms with Crippen LogP contribution in [0.5, 0.6) is 0 Å². The highest BCUT2D eigenvalue weighted by atomic mass is 16.5. The number of carbonyl (C=O) groups is 1. The van der Waals surface area contributed by atoms with Gasteiger partial charge in [0.05, 0.1) is 6.04 Å². The minimum absolute atomic E-state index is 0.108. The van der Waals surface area contributed by atoms with Crippen molar-refractivity contribution in [2.75, 3.05) is 26.3 Å². The molecule has 0 aliphatic carbocycles. The Labute approximate surface area is 98.1 Å². The van der Waals surface area contributed by atoms with Crippen LogP contribution in [0.2, 0.25) is 0 Å². The third-order valence-electron chi connectivity index (χ3n) is 3.25. The first kappa shape index (κ1) is 13.5. The van der Waals surface area contributed by atoms with Crippen LogP contribution < -0.4 is 5.73 Å². The van der Waals surface area contributed by atoms with E-state index in [0.717, 1.165) is 45.6 Å². The third-order valence-corrected chi connectivity index (χ3v) is 3.25. The van der Waals surface area contributed by atoms with Crippen LogP contribution in [0.4, 0.5) is 0 Å². The van der Waals surface area contributed by atoms with Gasteiger partial charge in [0.2, 0.25) is 5.91 Å². The summed E-state index contributed by atoms with van der Waals surface area (Å²) in [6, 6.07) is -0.338. The summed E-state index contributed by atoms with van der Waals surface area (Å²) in [5, 5.41) is 0. The van der Waals surface area contributed by atoms with Crippen molar-refractivity contribution in [1.29, 1.82) is 0 Å². The molecule has 4 nitrogen and oxygen atoms in total. The number of likely N-dealkylation sites (N-methyl/N-ethyl adjacent to an activating group) is 1. The Morgan fingerprint density at radius 1 is 1.44 bits per heavy atom. The number of rotatable bonds is 5. The van der Waals surface area contributed by atoms with Gasteiger partial charge in [-0.1, -0.05) is 6.92 Å². The second-order valence-corrected chi connectivity index (χ2v) is 4.39. The Morgan fingerprint density at radius 3 is 2.56 bits per heavy atom. The Morgan fingerprint density at radius 2 is 2.06 bits per heavy atom. The smallest absolute Gasteiger partial charge is 0.239 e. The maximum Gasteiger partial charge on any atom is 0.239 e. The van der Waals surface area contributed by atoms with Gasteiger partial charge in [0, 0.05) is 26.3 Å². The van der Waals surface area contributed by atoms with E-state index in [1.165, 1.54) is 0 Å². The van der Waals surface area contributed by atoms with E-state index in [1.807, 2.05) is 11.8 Å². The molecule has 0 aromatic carbocycles. The topological polar surface area (TPSA) is 55.6 Å². The Hall–Kier alpha value is -0.610. The van der Waals surface area contributed by atoms with Crippen LogP contribution in [-0.4, -0.2) is 43.2 Å². The molecule has 1 aliphatic heterocycles. The summed E-state index contributed by atoms with van der Waals surface area (Å²) >= 11 is 0. The zero-order valence-corrected chi connectivity index (χ0v) is 10.4. The molecule has 4 heteroatoms. The lowest BCUT2D eigenvalue weighted by Crippen LogP contribution is -2.49. The second-order valence-electron chi connectivity index (χ2n) is 4.39. The number of nitrogens with two attached hydrogens (primary N) is 1. The van der Waals surface area contributed by atoms with Gasteiger partial charge in [0.15, 0.2) is 0 Å². The largest absolute Gasteiger partial charge is 0.381 e. The highest BCUT2D eigenvalue weighted by Gasteiger charge is 2.28. The molecule has 1 heterocycles. The van der Waals surface area contributed by atoms with Gasteiger partial charge in [0.25, 0.3) is 0 Å². The van der Waals surface area contributed by atoms with Gasteiger partial charge >= 0.3 is 0 Å². The first-order valence-electron chi connectivity index (χ1n) is 6.32. The van der Waals surface area contributed by atoms with Crippen molar-refractivity contribution in [3.05, 3.63) is 0 Å². The molecule has 94 valence electrons. The molecule has 0 saturated carbocycles. The van der Waals surface area contributed by atoms with Crippen molar-refractivity contribution in [3.8, 4) is 0 Å². The Bertz CT molecular complexity index is 215. The Kier molecular flexibility index (Phi) is 5.77. The second kappa shape index (κ2) is 6.86. The van der Waals surface area contributed by atoms with Crippen LogP contribution in [0.25, 0.3) is 0 Å². The van der Waals surface area contributed by atoms with Crippen molar-refractivity contribution in [2.45, 2.75) is 39.2 Å². The van der Waals surface area contributed by atoms with Gasteiger partial charge < -0.3 is 15.4 Å². The quantitative estimate of drug-likeness (QED) is 0.763. The first-order chi connectivity index (χ1) is 7.70. The Balaban J connectivity index is 2.49. The molecular weight excluding hydrogens is 204 g/mol. The van der Waals surface area contributed by atoms with Crippen molar-refractivity contribution in [2.24, 2.45) is 11.7 Å². The van der Waals surface area contributed by atoms with Crippen LogP contribution in [0, 0.1) is 5.92 Å². The number of hydrogen-bond donors (Lipinski definition) is 1. The summed E-state index contributed by atoms with van der Waals surface area (Å²) < 4.78 is 5.28. The van der Waals surface area contributed by atoms with Gasteiger partial charge in [-0.15, -0.1) is 0 Å². The van der Waals surface area contributed by atoms with E-state index in [4.69, 9.17) is 10.5 Å². The zero-order valence-electron chi connectivity index (χ0n) is 10.4. The molecule has 0 bridgehead atoms. The number of amides is 1. The maximum absolute atomic E-state index is 12.1. The lowest BCUT2D eigenvalue weighted by atomic mass is 9.91. The first-order valence-corrected chi connectivity index (χ1v) is 6.32. The van der Waals surface area contributed by atoms with Gasteiger partial charge in [-0.3, -0.25) is 4.79 Å². The van der Waals surface area contributed by atoms with E-state index < -0.39 is 0 Å². The summed E-state index contributed by atoms with van der Waals surface area (Å²) in [7, 11) is 0. The number of ether oxygens (including phenoxy) is 1. The van der Waals surface area contributed by atoms with Crippen molar-refractivity contribution in [1.82, 2.24) is 4.90 Å². The number of hydrogen-bond acceptors (Lipinski definition) is 3. The van der Waals surface area contributed by atoms with Crippen molar-refractivity contribution < 1.29 is 9.53 Å². The van der Waals surface area contributed by atoms with Crippen molar-refractivity contribution in [3.63, 3.8) is 0 Å². The molecule has 2 N–H and O–H groups in total. The van der Waals surface area contributed by atoms with Crippen LogP contribution in [0.3, 0.4) is 0 Å². The molecule has 0 aromatic heterocycles.